The molecule has 0 amide bonds. The second-order valence-corrected chi connectivity index (χ2v) is 3.74. The van der Waals surface area contributed by atoms with Crippen LogP contribution in [0.15, 0.2) is 24.8 Å². The molecule has 1 N–H and O–H groups in total. The third-order valence-electron chi connectivity index (χ3n) is 2.40. The maximum Gasteiger partial charge on any atom is 0.131 e. The lowest BCUT2D eigenvalue weighted by Gasteiger charge is -2.18. The van der Waals surface area contributed by atoms with Gasteiger partial charge in [0.1, 0.15) is 17.1 Å². The van der Waals surface area contributed by atoms with Crippen molar-refractivity contribution in [2.24, 2.45) is 0 Å². The molecule has 2 rings (SSSR count). The van der Waals surface area contributed by atoms with Crippen LogP contribution in [0.25, 0.3) is 5.57 Å². The first-order valence-electron chi connectivity index (χ1n) is 4.23. The van der Waals surface area contributed by atoms with Gasteiger partial charge in [0, 0.05) is 5.57 Å². The molecule has 13 heavy (non-hydrogen) atoms. The van der Waals surface area contributed by atoms with Gasteiger partial charge in [-0.1, -0.05) is 12.6 Å². The number of hydrogen-bond donors (Lipinski definition) is 1. The Morgan fingerprint density at radius 1 is 1.38 bits per heavy atom. The van der Waals surface area contributed by atoms with Crippen LogP contribution in [-0.2, 0) is 0 Å². The van der Waals surface area contributed by atoms with E-state index in [-0.39, 0.29) is 5.75 Å². The molecule has 0 aliphatic carbocycles. The van der Waals surface area contributed by atoms with E-state index in [0.717, 1.165) is 16.9 Å². The highest BCUT2D eigenvalue weighted by atomic mass is 16.5. The number of aromatic hydroxyl groups is 1. The maximum absolute atomic E-state index is 9.59. The summed E-state index contributed by atoms with van der Waals surface area (Å²) < 4.78 is 5.63. The molecule has 0 unspecified atom stereocenters. The van der Waals surface area contributed by atoms with Gasteiger partial charge in [0.2, 0.25) is 0 Å². The zero-order valence-corrected chi connectivity index (χ0v) is 7.79. The third kappa shape index (κ3) is 1.02. The van der Waals surface area contributed by atoms with E-state index < -0.39 is 5.60 Å². The first-order valence-corrected chi connectivity index (χ1v) is 4.23. The Bertz CT molecular complexity index is 378. The van der Waals surface area contributed by atoms with Crippen LogP contribution in [0.3, 0.4) is 0 Å². The fourth-order valence-corrected chi connectivity index (χ4v) is 1.55. The minimum absolute atomic E-state index is 0.244. The Hall–Kier alpha value is -1.44. The van der Waals surface area contributed by atoms with E-state index in [0.29, 0.717) is 0 Å². The molecule has 2 heteroatoms. The van der Waals surface area contributed by atoms with Gasteiger partial charge in [-0.05, 0) is 26.0 Å². The van der Waals surface area contributed by atoms with Gasteiger partial charge < -0.3 is 9.84 Å². The highest BCUT2D eigenvalue weighted by Crippen LogP contribution is 2.46. The lowest BCUT2D eigenvalue weighted by atomic mass is 9.95. The number of benzene rings is 1. The molecule has 1 aliphatic rings. The van der Waals surface area contributed by atoms with Crippen molar-refractivity contribution >= 4 is 5.57 Å². The van der Waals surface area contributed by atoms with Gasteiger partial charge in [0.15, 0.2) is 0 Å². The Morgan fingerprint density at radius 3 is 2.69 bits per heavy atom. The summed E-state index contributed by atoms with van der Waals surface area (Å²) in [6, 6.07) is 5.26. The Kier molecular flexibility index (Phi) is 1.44. The van der Waals surface area contributed by atoms with Crippen molar-refractivity contribution in [1.29, 1.82) is 0 Å². The van der Waals surface area contributed by atoms with Crippen molar-refractivity contribution in [2.45, 2.75) is 19.4 Å². The molecule has 0 saturated carbocycles. The standard InChI is InChI=1S/C11H12O2/c1-7-10-8(12)5-4-6-9(10)13-11(7,2)3/h4-6,12H,1H2,2-3H3. The average Bonchev–Trinajstić information content (AvgIpc) is 2.24. The first kappa shape index (κ1) is 8.17. The van der Waals surface area contributed by atoms with E-state index in [2.05, 4.69) is 6.58 Å². The summed E-state index contributed by atoms with van der Waals surface area (Å²) in [7, 11) is 0. The first-order chi connectivity index (χ1) is 6.02. The second kappa shape index (κ2) is 2.28. The summed E-state index contributed by atoms with van der Waals surface area (Å²) in [4.78, 5) is 0. The monoisotopic (exact) mass is 176 g/mol. The van der Waals surface area contributed by atoms with Crippen molar-refractivity contribution in [3.05, 3.63) is 30.3 Å². The zero-order chi connectivity index (χ0) is 9.64. The molecule has 1 aliphatic heterocycles. The summed E-state index contributed by atoms with van der Waals surface area (Å²) in [5, 5.41) is 9.59. The molecule has 0 saturated heterocycles. The van der Waals surface area contributed by atoms with E-state index in [9.17, 15) is 5.11 Å². The van der Waals surface area contributed by atoms with Crippen LogP contribution < -0.4 is 4.74 Å². The molecule has 0 bridgehead atoms. The number of phenols is 1. The van der Waals surface area contributed by atoms with Crippen molar-refractivity contribution in [1.82, 2.24) is 0 Å². The van der Waals surface area contributed by atoms with Crippen LogP contribution in [0.1, 0.15) is 19.4 Å². The fourth-order valence-electron chi connectivity index (χ4n) is 1.55. The lowest BCUT2D eigenvalue weighted by molar-refractivity contribution is 0.190. The van der Waals surface area contributed by atoms with Crippen molar-refractivity contribution in [3.63, 3.8) is 0 Å². The van der Waals surface area contributed by atoms with E-state index in [1.54, 1.807) is 12.1 Å². The Morgan fingerprint density at radius 2 is 2.08 bits per heavy atom. The highest BCUT2D eigenvalue weighted by molar-refractivity contribution is 5.81. The third-order valence-corrected chi connectivity index (χ3v) is 2.40. The van der Waals surface area contributed by atoms with Gasteiger partial charge in [-0.2, -0.15) is 0 Å². The maximum atomic E-state index is 9.59. The van der Waals surface area contributed by atoms with Gasteiger partial charge >= 0.3 is 0 Å². The molecule has 0 fully saturated rings. The van der Waals surface area contributed by atoms with Gasteiger partial charge in [-0.3, -0.25) is 0 Å². The van der Waals surface area contributed by atoms with Crippen molar-refractivity contribution in [3.8, 4) is 11.5 Å². The van der Waals surface area contributed by atoms with Crippen molar-refractivity contribution in [2.75, 3.05) is 0 Å². The van der Waals surface area contributed by atoms with Crippen LogP contribution >= 0.6 is 0 Å². The van der Waals surface area contributed by atoms with Gasteiger partial charge in [-0.15, -0.1) is 0 Å². The van der Waals surface area contributed by atoms with E-state index in [1.165, 1.54) is 0 Å². The molecule has 0 radical (unpaired) electrons. The molecule has 68 valence electrons. The van der Waals surface area contributed by atoms with E-state index in [4.69, 9.17) is 4.74 Å². The molecular weight excluding hydrogens is 164 g/mol. The summed E-state index contributed by atoms with van der Waals surface area (Å²) in [5.74, 6) is 0.961. The summed E-state index contributed by atoms with van der Waals surface area (Å²) in [6.45, 7) is 7.80. The minimum atomic E-state index is -0.402. The zero-order valence-electron chi connectivity index (χ0n) is 7.79. The predicted molar refractivity (Wildman–Crippen MR) is 51.8 cm³/mol. The fraction of sp³-hybridized carbons (Fsp3) is 0.273. The van der Waals surface area contributed by atoms with Gasteiger partial charge in [0.05, 0.1) is 5.56 Å². The summed E-state index contributed by atoms with van der Waals surface area (Å²) >= 11 is 0. The molecule has 1 aromatic rings. The molecule has 0 aromatic heterocycles. The molecule has 2 nitrogen and oxygen atoms in total. The van der Waals surface area contributed by atoms with E-state index in [1.807, 2.05) is 19.9 Å². The second-order valence-electron chi connectivity index (χ2n) is 3.74. The molecule has 1 heterocycles. The quantitative estimate of drug-likeness (QED) is 0.658. The Balaban J connectivity index is 2.64. The average molecular weight is 176 g/mol. The van der Waals surface area contributed by atoms with Crippen LogP contribution in [-0.4, -0.2) is 10.7 Å². The Labute approximate surface area is 77.5 Å². The normalized spacial score (nSPS) is 18.2. The number of phenolic OH excluding ortho intramolecular Hbond substituents is 1. The molecule has 0 atom stereocenters. The molecule has 1 aromatic carbocycles. The van der Waals surface area contributed by atoms with E-state index >= 15 is 0 Å². The van der Waals surface area contributed by atoms with Crippen LogP contribution in [0.2, 0.25) is 0 Å². The van der Waals surface area contributed by atoms with Crippen LogP contribution in [0.5, 0.6) is 11.5 Å². The van der Waals surface area contributed by atoms with Gasteiger partial charge in [0.25, 0.3) is 0 Å². The lowest BCUT2D eigenvalue weighted by Crippen LogP contribution is -2.23. The smallest absolute Gasteiger partial charge is 0.131 e. The number of rotatable bonds is 0. The molecule has 0 spiro atoms. The number of fused-ring (bicyclic) bond motifs is 1. The number of ether oxygens (including phenoxy) is 1. The SMILES string of the molecule is C=C1c2c(O)cccc2OC1(C)C. The molecular formula is C11H12O2. The predicted octanol–water partition coefficient (Wildman–Crippen LogP) is 2.58. The topological polar surface area (TPSA) is 29.5 Å². The largest absolute Gasteiger partial charge is 0.507 e. The number of hydrogen-bond acceptors (Lipinski definition) is 2. The van der Waals surface area contributed by atoms with Crippen LogP contribution in [0, 0.1) is 0 Å². The minimum Gasteiger partial charge on any atom is -0.507 e. The van der Waals surface area contributed by atoms with Crippen LogP contribution in [0.4, 0.5) is 0 Å². The summed E-state index contributed by atoms with van der Waals surface area (Å²) in [6.07, 6.45) is 0. The summed E-state index contributed by atoms with van der Waals surface area (Å²) in [5.41, 5.74) is 1.18. The van der Waals surface area contributed by atoms with Gasteiger partial charge in [-0.25, -0.2) is 0 Å². The highest BCUT2D eigenvalue weighted by Gasteiger charge is 2.35. The van der Waals surface area contributed by atoms with Crippen molar-refractivity contribution < 1.29 is 9.84 Å².